The van der Waals surface area contributed by atoms with E-state index in [2.05, 4.69) is 4.98 Å². The highest BCUT2D eigenvalue weighted by Gasteiger charge is 2.41. The van der Waals surface area contributed by atoms with Crippen LogP contribution < -0.4 is 0 Å². The van der Waals surface area contributed by atoms with Crippen molar-refractivity contribution in [3.63, 3.8) is 0 Å². The fraction of sp³-hybridized carbons (Fsp3) is 0.438. The molecule has 1 aliphatic heterocycles. The zero-order valence-corrected chi connectivity index (χ0v) is 12.1. The van der Waals surface area contributed by atoms with Crippen LogP contribution in [-0.2, 0) is 12.8 Å². The van der Waals surface area contributed by atoms with E-state index in [1.165, 1.54) is 5.56 Å². The van der Waals surface area contributed by atoms with Crippen molar-refractivity contribution in [2.75, 3.05) is 6.61 Å². The van der Waals surface area contributed by atoms with Gasteiger partial charge in [0.1, 0.15) is 24.1 Å². The fourth-order valence-corrected chi connectivity index (χ4v) is 2.91. The van der Waals surface area contributed by atoms with E-state index in [4.69, 9.17) is 0 Å². The molecule has 118 valence electrons. The maximum absolute atomic E-state index is 10.0. The van der Waals surface area contributed by atoms with Crippen molar-refractivity contribution in [3.05, 3.63) is 53.6 Å². The van der Waals surface area contributed by atoms with E-state index in [1.54, 1.807) is 10.8 Å². The van der Waals surface area contributed by atoms with Crippen LogP contribution in [0.2, 0.25) is 0 Å². The summed E-state index contributed by atoms with van der Waals surface area (Å²) in [6.07, 6.45) is -0.582. The van der Waals surface area contributed by atoms with E-state index >= 15 is 0 Å². The Morgan fingerprint density at radius 1 is 1.00 bits per heavy atom. The van der Waals surface area contributed by atoms with Crippen molar-refractivity contribution in [1.29, 1.82) is 0 Å². The van der Waals surface area contributed by atoms with Gasteiger partial charge in [-0.15, -0.1) is 0 Å². The van der Waals surface area contributed by atoms with Gasteiger partial charge in [-0.05, 0) is 18.4 Å². The van der Waals surface area contributed by atoms with E-state index in [-0.39, 0.29) is 6.61 Å². The van der Waals surface area contributed by atoms with Gasteiger partial charge in [0.25, 0.3) is 0 Å². The highest BCUT2D eigenvalue weighted by atomic mass is 16.4. The SMILES string of the molecule is OC[C@@H]1[C@@H](O)[C@@H](O)[C@@H](O)c2nc(CCc3ccccc3)cn21. The first kappa shape index (κ1) is 15.2. The van der Waals surface area contributed by atoms with Crippen LogP contribution in [0.3, 0.4) is 0 Å². The van der Waals surface area contributed by atoms with Gasteiger partial charge in [0, 0.05) is 6.20 Å². The lowest BCUT2D eigenvalue weighted by molar-refractivity contribution is -0.108. The Labute approximate surface area is 128 Å². The zero-order chi connectivity index (χ0) is 15.7. The van der Waals surface area contributed by atoms with Crippen LogP contribution in [0.1, 0.15) is 29.2 Å². The van der Waals surface area contributed by atoms with Crippen molar-refractivity contribution >= 4 is 0 Å². The van der Waals surface area contributed by atoms with Crippen molar-refractivity contribution in [2.45, 2.75) is 37.2 Å². The second kappa shape index (κ2) is 6.18. The third-order valence-electron chi connectivity index (χ3n) is 4.20. The molecule has 0 unspecified atom stereocenters. The van der Waals surface area contributed by atoms with Gasteiger partial charge in [-0.3, -0.25) is 0 Å². The average Bonchev–Trinajstić information content (AvgIpc) is 2.96. The molecule has 6 heteroatoms. The second-order valence-electron chi connectivity index (χ2n) is 5.66. The molecule has 6 nitrogen and oxygen atoms in total. The van der Waals surface area contributed by atoms with Crippen LogP contribution in [0.4, 0.5) is 0 Å². The normalized spacial score (nSPS) is 27.6. The highest BCUT2D eigenvalue weighted by molar-refractivity contribution is 5.18. The molecule has 4 N–H and O–H groups in total. The van der Waals surface area contributed by atoms with Crippen molar-refractivity contribution in [3.8, 4) is 0 Å². The summed E-state index contributed by atoms with van der Waals surface area (Å²) in [5.74, 6) is 0.292. The largest absolute Gasteiger partial charge is 0.394 e. The number of hydrogen-bond donors (Lipinski definition) is 4. The van der Waals surface area contributed by atoms with Crippen molar-refractivity contribution in [1.82, 2.24) is 9.55 Å². The van der Waals surface area contributed by atoms with Crippen LogP contribution in [0.15, 0.2) is 36.5 Å². The standard InChI is InChI=1S/C16H20N2O4/c19-9-12-13(20)14(21)15(22)16-17-11(8-18(12)16)7-6-10-4-2-1-3-5-10/h1-5,8,12-15,19-22H,6-7,9H2/t12-,13-,14-,15-/m1/s1. The molecule has 22 heavy (non-hydrogen) atoms. The van der Waals surface area contributed by atoms with E-state index in [0.717, 1.165) is 12.1 Å². The number of rotatable bonds is 4. The molecular formula is C16H20N2O4. The van der Waals surface area contributed by atoms with Gasteiger partial charge < -0.3 is 25.0 Å². The van der Waals surface area contributed by atoms with Gasteiger partial charge in [0.05, 0.1) is 18.3 Å². The lowest BCUT2D eigenvalue weighted by Crippen LogP contribution is -2.46. The van der Waals surface area contributed by atoms with Crippen molar-refractivity contribution < 1.29 is 20.4 Å². The lowest BCUT2D eigenvalue weighted by atomic mass is 9.96. The monoisotopic (exact) mass is 304 g/mol. The Balaban J connectivity index is 1.82. The Morgan fingerprint density at radius 3 is 2.41 bits per heavy atom. The molecule has 4 atom stereocenters. The smallest absolute Gasteiger partial charge is 0.141 e. The number of nitrogens with zero attached hydrogens (tertiary/aromatic N) is 2. The van der Waals surface area contributed by atoms with E-state index < -0.39 is 24.4 Å². The van der Waals surface area contributed by atoms with E-state index in [0.29, 0.717) is 12.2 Å². The van der Waals surface area contributed by atoms with Crippen LogP contribution in [-0.4, -0.2) is 48.8 Å². The Morgan fingerprint density at radius 2 is 1.73 bits per heavy atom. The Hall–Kier alpha value is -1.73. The quantitative estimate of drug-likeness (QED) is 0.636. The molecule has 0 saturated carbocycles. The summed E-state index contributed by atoms with van der Waals surface area (Å²) >= 11 is 0. The molecule has 0 aliphatic carbocycles. The molecule has 0 bridgehead atoms. The van der Waals surface area contributed by atoms with Crippen LogP contribution in [0, 0.1) is 0 Å². The highest BCUT2D eigenvalue weighted by Crippen LogP contribution is 2.32. The zero-order valence-electron chi connectivity index (χ0n) is 12.1. The number of fused-ring (bicyclic) bond motifs is 1. The molecule has 0 amide bonds. The number of hydrogen-bond acceptors (Lipinski definition) is 5. The number of aliphatic hydroxyl groups is 4. The molecule has 2 heterocycles. The van der Waals surface area contributed by atoms with Crippen LogP contribution in [0.5, 0.6) is 0 Å². The van der Waals surface area contributed by atoms with Gasteiger partial charge in [-0.2, -0.15) is 0 Å². The predicted octanol–water partition coefficient (Wildman–Crippen LogP) is -0.0295. The molecule has 3 rings (SSSR count). The first-order valence-corrected chi connectivity index (χ1v) is 7.38. The minimum atomic E-state index is -1.34. The molecule has 0 saturated heterocycles. The molecule has 1 aromatic heterocycles. The summed E-state index contributed by atoms with van der Waals surface area (Å²) in [7, 11) is 0. The number of aliphatic hydroxyl groups excluding tert-OH is 4. The maximum atomic E-state index is 10.0. The molecule has 1 aromatic carbocycles. The van der Waals surface area contributed by atoms with E-state index in [9.17, 15) is 20.4 Å². The van der Waals surface area contributed by atoms with Crippen LogP contribution >= 0.6 is 0 Å². The summed E-state index contributed by atoms with van der Waals surface area (Å²) in [6, 6.07) is 9.30. The molecule has 0 fully saturated rings. The minimum absolute atomic E-state index is 0.292. The van der Waals surface area contributed by atoms with Gasteiger partial charge in [-0.1, -0.05) is 30.3 Å². The minimum Gasteiger partial charge on any atom is -0.394 e. The van der Waals surface area contributed by atoms with Gasteiger partial charge in [0.15, 0.2) is 0 Å². The number of aromatic nitrogens is 2. The molecule has 2 aromatic rings. The summed E-state index contributed by atoms with van der Waals surface area (Å²) in [4.78, 5) is 4.36. The van der Waals surface area contributed by atoms with Gasteiger partial charge in [-0.25, -0.2) is 4.98 Å². The molecule has 0 spiro atoms. The van der Waals surface area contributed by atoms with Gasteiger partial charge in [0.2, 0.25) is 0 Å². The number of imidazole rings is 1. The number of benzene rings is 1. The predicted molar refractivity (Wildman–Crippen MR) is 79.2 cm³/mol. The fourth-order valence-electron chi connectivity index (χ4n) is 2.91. The molecular weight excluding hydrogens is 284 g/mol. The number of aryl methyl sites for hydroxylation is 2. The Bertz CT molecular complexity index is 628. The first-order chi connectivity index (χ1) is 10.6. The maximum Gasteiger partial charge on any atom is 0.141 e. The molecule has 0 radical (unpaired) electrons. The summed E-state index contributed by atoms with van der Waals surface area (Å²) in [6.45, 7) is -0.327. The van der Waals surface area contributed by atoms with E-state index in [1.807, 2.05) is 30.3 Å². The first-order valence-electron chi connectivity index (χ1n) is 7.38. The summed E-state index contributed by atoms with van der Waals surface area (Å²) in [5, 5.41) is 39.3. The van der Waals surface area contributed by atoms with Crippen LogP contribution in [0.25, 0.3) is 0 Å². The third-order valence-corrected chi connectivity index (χ3v) is 4.20. The summed E-state index contributed by atoms with van der Waals surface area (Å²) in [5.41, 5.74) is 1.95. The third kappa shape index (κ3) is 2.66. The summed E-state index contributed by atoms with van der Waals surface area (Å²) < 4.78 is 1.57. The lowest BCUT2D eigenvalue weighted by Gasteiger charge is -2.35. The Kier molecular flexibility index (Phi) is 4.26. The second-order valence-corrected chi connectivity index (χ2v) is 5.66. The topological polar surface area (TPSA) is 98.7 Å². The average molecular weight is 304 g/mol. The van der Waals surface area contributed by atoms with Crippen molar-refractivity contribution in [2.24, 2.45) is 0 Å². The molecule has 1 aliphatic rings. The van der Waals surface area contributed by atoms with Gasteiger partial charge >= 0.3 is 0 Å².